The molecule has 0 aliphatic rings. The Kier molecular flexibility index (Phi) is 3.08. The van der Waals surface area contributed by atoms with E-state index in [9.17, 15) is 4.39 Å². The van der Waals surface area contributed by atoms with Crippen LogP contribution in [0.1, 0.15) is 0 Å². The van der Waals surface area contributed by atoms with E-state index >= 15 is 0 Å². The number of rotatable bonds is 2. The molecule has 2 N–H and O–H groups in total. The molecule has 20 heavy (non-hydrogen) atoms. The van der Waals surface area contributed by atoms with Crippen LogP contribution in [-0.2, 0) is 0 Å². The monoisotopic (exact) mass is 289 g/mol. The Balaban J connectivity index is 2.15. The van der Waals surface area contributed by atoms with E-state index in [1.54, 1.807) is 12.1 Å². The van der Waals surface area contributed by atoms with Gasteiger partial charge < -0.3 is 5.73 Å². The lowest BCUT2D eigenvalue weighted by Crippen LogP contribution is -2.02. The van der Waals surface area contributed by atoms with Gasteiger partial charge in [0.05, 0.1) is 10.7 Å². The van der Waals surface area contributed by atoms with Gasteiger partial charge in [-0.1, -0.05) is 23.7 Å². The fourth-order valence-corrected chi connectivity index (χ4v) is 2.02. The molecule has 0 amide bonds. The van der Waals surface area contributed by atoms with Crippen molar-refractivity contribution in [1.82, 2.24) is 20.2 Å². The molecule has 7 heteroatoms. The standard InChI is InChI=1S/C13H9ClFN5/c14-10-7-8(5-6-11(10)15)20-13(17-18-19-20)9-3-1-2-4-12(9)16/h1-7H,16H2. The van der Waals surface area contributed by atoms with Crippen molar-refractivity contribution in [3.63, 3.8) is 0 Å². The van der Waals surface area contributed by atoms with Gasteiger partial charge in [0, 0.05) is 11.3 Å². The van der Waals surface area contributed by atoms with Crippen LogP contribution in [0.5, 0.6) is 0 Å². The SMILES string of the molecule is Nc1ccccc1-c1nnnn1-c1ccc(F)c(Cl)c1. The lowest BCUT2D eigenvalue weighted by atomic mass is 10.1. The molecule has 0 saturated heterocycles. The summed E-state index contributed by atoms with van der Waals surface area (Å²) in [7, 11) is 0. The predicted molar refractivity (Wildman–Crippen MR) is 74.0 cm³/mol. The molecule has 100 valence electrons. The minimum absolute atomic E-state index is 0.00461. The normalized spacial score (nSPS) is 10.7. The minimum Gasteiger partial charge on any atom is -0.398 e. The number of para-hydroxylation sites is 1. The Labute approximate surface area is 118 Å². The van der Waals surface area contributed by atoms with Crippen LogP contribution in [0.25, 0.3) is 17.1 Å². The summed E-state index contributed by atoms with van der Waals surface area (Å²) in [5.74, 6) is -0.0324. The van der Waals surface area contributed by atoms with Crippen molar-refractivity contribution in [2.75, 3.05) is 5.73 Å². The number of hydrogen-bond donors (Lipinski definition) is 1. The molecule has 0 atom stereocenters. The second kappa shape index (κ2) is 4.90. The topological polar surface area (TPSA) is 69.6 Å². The van der Waals surface area contributed by atoms with E-state index in [4.69, 9.17) is 17.3 Å². The number of hydrogen-bond acceptors (Lipinski definition) is 4. The van der Waals surface area contributed by atoms with Gasteiger partial charge in [-0.15, -0.1) is 5.10 Å². The number of nitrogens with two attached hydrogens (primary N) is 1. The van der Waals surface area contributed by atoms with Gasteiger partial charge in [0.25, 0.3) is 0 Å². The third-order valence-electron chi connectivity index (χ3n) is 2.82. The highest BCUT2D eigenvalue weighted by Crippen LogP contribution is 2.26. The van der Waals surface area contributed by atoms with Crippen molar-refractivity contribution in [1.29, 1.82) is 0 Å². The maximum Gasteiger partial charge on any atom is 0.189 e. The molecule has 0 saturated carbocycles. The molecule has 1 heterocycles. The summed E-state index contributed by atoms with van der Waals surface area (Å²) in [6.07, 6.45) is 0. The average molecular weight is 290 g/mol. The highest BCUT2D eigenvalue weighted by Gasteiger charge is 2.14. The molecule has 0 fully saturated rings. The first-order valence-electron chi connectivity index (χ1n) is 5.75. The van der Waals surface area contributed by atoms with Crippen LogP contribution in [-0.4, -0.2) is 20.2 Å². The third kappa shape index (κ3) is 2.10. The lowest BCUT2D eigenvalue weighted by Gasteiger charge is -2.07. The van der Waals surface area contributed by atoms with Crippen molar-refractivity contribution < 1.29 is 4.39 Å². The highest BCUT2D eigenvalue weighted by molar-refractivity contribution is 6.30. The van der Waals surface area contributed by atoms with Crippen molar-refractivity contribution in [2.45, 2.75) is 0 Å². The number of halogens is 2. The second-order valence-electron chi connectivity index (χ2n) is 4.10. The van der Waals surface area contributed by atoms with Gasteiger partial charge >= 0.3 is 0 Å². The lowest BCUT2D eigenvalue weighted by molar-refractivity contribution is 0.627. The van der Waals surface area contributed by atoms with Gasteiger partial charge in [-0.2, -0.15) is 4.68 Å². The number of tetrazole rings is 1. The highest BCUT2D eigenvalue weighted by atomic mass is 35.5. The fraction of sp³-hybridized carbons (Fsp3) is 0. The Hall–Kier alpha value is -2.47. The Morgan fingerprint density at radius 1 is 1.15 bits per heavy atom. The van der Waals surface area contributed by atoms with Gasteiger partial charge in [0.1, 0.15) is 5.82 Å². The van der Waals surface area contributed by atoms with Crippen LogP contribution < -0.4 is 5.73 Å². The Bertz CT molecular complexity index is 771. The molecule has 5 nitrogen and oxygen atoms in total. The first kappa shape index (κ1) is 12.6. The zero-order valence-corrected chi connectivity index (χ0v) is 10.9. The average Bonchev–Trinajstić information content (AvgIpc) is 2.91. The number of aromatic nitrogens is 4. The summed E-state index contributed by atoms with van der Waals surface area (Å²) in [6, 6.07) is 11.5. The molecule has 3 rings (SSSR count). The molecule has 0 radical (unpaired) electrons. The molecule has 0 aliphatic carbocycles. The molecular formula is C13H9ClFN5. The van der Waals surface area contributed by atoms with E-state index in [0.717, 1.165) is 0 Å². The smallest absolute Gasteiger partial charge is 0.189 e. The predicted octanol–water partition coefficient (Wildman–Crippen LogP) is 2.70. The van der Waals surface area contributed by atoms with Gasteiger partial charge in [0.15, 0.2) is 5.82 Å². The summed E-state index contributed by atoms with van der Waals surface area (Å²) in [5, 5.41) is 11.5. The van der Waals surface area contributed by atoms with Crippen LogP contribution in [0.15, 0.2) is 42.5 Å². The summed E-state index contributed by atoms with van der Waals surface area (Å²) < 4.78 is 14.7. The van der Waals surface area contributed by atoms with Crippen molar-refractivity contribution in [2.24, 2.45) is 0 Å². The number of nitrogen functional groups attached to an aromatic ring is 1. The van der Waals surface area contributed by atoms with E-state index in [0.29, 0.717) is 22.8 Å². The minimum atomic E-state index is -0.496. The molecule has 0 bridgehead atoms. The van der Waals surface area contributed by atoms with E-state index < -0.39 is 5.82 Å². The molecule has 1 aromatic heterocycles. The number of benzene rings is 2. The van der Waals surface area contributed by atoms with Gasteiger partial charge in [-0.05, 0) is 40.8 Å². The summed E-state index contributed by atoms with van der Waals surface area (Å²) in [5.41, 5.74) is 7.72. The van der Waals surface area contributed by atoms with E-state index in [1.165, 1.54) is 16.8 Å². The molecule has 0 unspecified atom stereocenters. The molecule has 0 aliphatic heterocycles. The van der Waals surface area contributed by atoms with Crippen LogP contribution in [0, 0.1) is 5.82 Å². The van der Waals surface area contributed by atoms with Crippen molar-refractivity contribution in [3.8, 4) is 17.1 Å². The Morgan fingerprint density at radius 2 is 1.95 bits per heavy atom. The summed E-state index contributed by atoms with van der Waals surface area (Å²) in [6.45, 7) is 0. The van der Waals surface area contributed by atoms with E-state index in [1.807, 2.05) is 18.2 Å². The second-order valence-corrected chi connectivity index (χ2v) is 4.51. The van der Waals surface area contributed by atoms with E-state index in [2.05, 4.69) is 15.5 Å². The first-order chi connectivity index (χ1) is 9.66. The maximum absolute atomic E-state index is 13.2. The van der Waals surface area contributed by atoms with Crippen LogP contribution >= 0.6 is 11.6 Å². The number of anilines is 1. The van der Waals surface area contributed by atoms with Gasteiger partial charge in [-0.25, -0.2) is 4.39 Å². The molecule has 0 spiro atoms. The Morgan fingerprint density at radius 3 is 2.70 bits per heavy atom. The molecular weight excluding hydrogens is 281 g/mol. The van der Waals surface area contributed by atoms with Gasteiger partial charge in [0.2, 0.25) is 0 Å². The summed E-state index contributed by atoms with van der Waals surface area (Å²) in [4.78, 5) is 0. The maximum atomic E-state index is 13.2. The van der Waals surface area contributed by atoms with Crippen LogP contribution in [0.4, 0.5) is 10.1 Å². The van der Waals surface area contributed by atoms with E-state index in [-0.39, 0.29) is 5.02 Å². The number of nitrogens with zero attached hydrogens (tertiary/aromatic N) is 4. The fourth-order valence-electron chi connectivity index (χ4n) is 1.85. The largest absolute Gasteiger partial charge is 0.398 e. The van der Waals surface area contributed by atoms with Crippen molar-refractivity contribution >= 4 is 17.3 Å². The third-order valence-corrected chi connectivity index (χ3v) is 3.11. The zero-order valence-electron chi connectivity index (χ0n) is 10.2. The first-order valence-corrected chi connectivity index (χ1v) is 6.13. The van der Waals surface area contributed by atoms with Crippen molar-refractivity contribution in [3.05, 3.63) is 53.3 Å². The summed E-state index contributed by atoms with van der Waals surface area (Å²) >= 11 is 5.78. The zero-order chi connectivity index (χ0) is 14.1. The molecule has 2 aromatic carbocycles. The van der Waals surface area contributed by atoms with Crippen LogP contribution in [0.2, 0.25) is 5.02 Å². The van der Waals surface area contributed by atoms with Crippen LogP contribution in [0.3, 0.4) is 0 Å². The molecule has 3 aromatic rings. The van der Waals surface area contributed by atoms with Gasteiger partial charge in [-0.3, -0.25) is 0 Å². The quantitative estimate of drug-likeness (QED) is 0.736.